The summed E-state index contributed by atoms with van der Waals surface area (Å²) in [7, 11) is 1.93. The summed E-state index contributed by atoms with van der Waals surface area (Å²) in [6.07, 6.45) is 7.68. The average Bonchev–Trinajstić information content (AvgIpc) is 3.67. The number of carbonyl (C=O) groups excluding carboxylic acids is 3. The fourth-order valence-electron chi connectivity index (χ4n) is 7.69. The Labute approximate surface area is 277 Å². The van der Waals surface area contributed by atoms with Gasteiger partial charge >= 0.3 is 0 Å². The van der Waals surface area contributed by atoms with Crippen molar-refractivity contribution >= 4 is 34.7 Å². The number of rotatable bonds is 11. The van der Waals surface area contributed by atoms with Gasteiger partial charge in [-0.2, -0.15) is 0 Å². The highest BCUT2D eigenvalue weighted by atomic mass is 19.1. The molecule has 2 aliphatic heterocycles. The topological polar surface area (TPSA) is 87.1 Å². The molecule has 3 fully saturated rings. The second-order valence-corrected chi connectivity index (χ2v) is 13.6. The van der Waals surface area contributed by atoms with Crippen LogP contribution in [-0.4, -0.2) is 108 Å². The normalized spacial score (nSPS) is 24.1. The zero-order chi connectivity index (χ0) is 32.9. The number of benzene rings is 2. The van der Waals surface area contributed by atoms with Crippen molar-refractivity contribution in [3.8, 4) is 0 Å². The van der Waals surface area contributed by atoms with Crippen LogP contribution in [0.4, 0.5) is 10.1 Å². The number of aldehydes is 1. The maximum atomic E-state index is 13.9. The number of piperazine rings is 1. The van der Waals surface area contributed by atoms with Crippen molar-refractivity contribution < 1.29 is 23.5 Å². The van der Waals surface area contributed by atoms with Crippen LogP contribution in [0.3, 0.4) is 0 Å². The van der Waals surface area contributed by atoms with E-state index >= 15 is 0 Å². The standard InChI is InChI=1S/C37H48FN5O4/c1-26-19-28(9-12-34(26)39-37(46)33-23-40(2)35-6-4-3-5-32(33)35)20-36(45)43-22-29(42-17-15-41(14-13-38)16-18-42)21-30(43)25-47-31-10-7-27(24-44)8-11-31/h3-6,9,12,19,23-24,27,29-31H,7-8,10-11,13-18,20-22,25H2,1-2H3,(H,39,46)/t27-,29-,30-,31-/m0/s1. The molecule has 3 heterocycles. The second-order valence-electron chi connectivity index (χ2n) is 13.6. The van der Waals surface area contributed by atoms with Crippen molar-refractivity contribution in [1.82, 2.24) is 19.3 Å². The Morgan fingerprint density at radius 1 is 1.04 bits per heavy atom. The van der Waals surface area contributed by atoms with Gasteiger partial charge < -0.3 is 24.3 Å². The Hall–Kier alpha value is -3.60. The number of fused-ring (bicyclic) bond motifs is 1. The zero-order valence-corrected chi connectivity index (χ0v) is 27.7. The minimum absolute atomic E-state index is 0.0134. The van der Waals surface area contributed by atoms with E-state index in [0.29, 0.717) is 25.3 Å². The summed E-state index contributed by atoms with van der Waals surface area (Å²) in [4.78, 5) is 45.0. The fourth-order valence-corrected chi connectivity index (χ4v) is 7.69. The first-order valence-electron chi connectivity index (χ1n) is 17.2. The van der Waals surface area contributed by atoms with Gasteiger partial charge in [0.1, 0.15) is 13.0 Å². The summed E-state index contributed by atoms with van der Waals surface area (Å²) in [6, 6.07) is 13.9. The van der Waals surface area contributed by atoms with Crippen LogP contribution >= 0.6 is 0 Å². The lowest BCUT2D eigenvalue weighted by atomic mass is 9.88. The van der Waals surface area contributed by atoms with Crippen LogP contribution in [-0.2, 0) is 27.8 Å². The van der Waals surface area contributed by atoms with Gasteiger partial charge in [-0.05, 0) is 62.3 Å². The first kappa shape index (κ1) is 33.3. The molecule has 1 N–H and O–H groups in total. The van der Waals surface area contributed by atoms with Crippen LogP contribution in [0.1, 0.15) is 53.6 Å². The van der Waals surface area contributed by atoms with Crippen molar-refractivity contribution in [2.24, 2.45) is 13.0 Å². The Bertz CT molecular complexity index is 1560. The largest absolute Gasteiger partial charge is 0.376 e. The van der Waals surface area contributed by atoms with E-state index < -0.39 is 0 Å². The maximum Gasteiger partial charge on any atom is 0.257 e. The average molecular weight is 646 g/mol. The number of halogens is 1. The van der Waals surface area contributed by atoms with E-state index in [1.54, 1.807) is 0 Å². The zero-order valence-electron chi connectivity index (χ0n) is 27.7. The first-order chi connectivity index (χ1) is 22.8. The highest BCUT2D eigenvalue weighted by Crippen LogP contribution is 2.29. The summed E-state index contributed by atoms with van der Waals surface area (Å²) in [6.45, 7) is 6.72. The third-order valence-electron chi connectivity index (χ3n) is 10.5. The van der Waals surface area contributed by atoms with Crippen LogP contribution < -0.4 is 5.32 Å². The molecule has 47 heavy (non-hydrogen) atoms. The molecule has 0 radical (unpaired) electrons. The van der Waals surface area contributed by atoms with E-state index in [4.69, 9.17) is 4.74 Å². The Morgan fingerprint density at radius 2 is 1.81 bits per heavy atom. The van der Waals surface area contributed by atoms with Gasteiger partial charge in [0.15, 0.2) is 0 Å². The number of anilines is 1. The van der Waals surface area contributed by atoms with Crippen LogP contribution in [0.2, 0.25) is 0 Å². The number of likely N-dealkylation sites (tertiary alicyclic amines) is 1. The van der Waals surface area contributed by atoms with Crippen LogP contribution in [0.5, 0.6) is 0 Å². The monoisotopic (exact) mass is 645 g/mol. The number of aromatic nitrogens is 1. The summed E-state index contributed by atoms with van der Waals surface area (Å²) >= 11 is 0. The van der Waals surface area contributed by atoms with Gasteiger partial charge in [-0.25, -0.2) is 4.39 Å². The maximum absolute atomic E-state index is 13.9. The lowest BCUT2D eigenvalue weighted by Gasteiger charge is -2.37. The predicted molar refractivity (Wildman–Crippen MR) is 181 cm³/mol. The van der Waals surface area contributed by atoms with Crippen molar-refractivity contribution in [2.45, 2.75) is 63.6 Å². The SMILES string of the molecule is Cc1cc(CC(=O)N2C[C@@H](N3CCN(CCF)CC3)C[C@H]2CO[C@H]2CC[C@H](C=O)CC2)ccc1NC(=O)c1cn(C)c2ccccc12. The molecule has 9 nitrogen and oxygen atoms in total. The summed E-state index contributed by atoms with van der Waals surface area (Å²) in [5, 5.41) is 3.98. The summed E-state index contributed by atoms with van der Waals surface area (Å²) in [5.41, 5.74) is 4.16. The van der Waals surface area contributed by atoms with Gasteiger partial charge in [0.05, 0.1) is 30.7 Å². The van der Waals surface area contributed by atoms with Gasteiger partial charge in [-0.3, -0.25) is 19.4 Å². The van der Waals surface area contributed by atoms with Gasteiger partial charge in [-0.1, -0.05) is 30.3 Å². The van der Waals surface area contributed by atoms with Crippen LogP contribution in [0.25, 0.3) is 10.9 Å². The summed E-state index contributed by atoms with van der Waals surface area (Å²) < 4.78 is 21.2. The Balaban J connectivity index is 1.10. The molecule has 2 amide bonds. The highest BCUT2D eigenvalue weighted by Gasteiger charge is 2.39. The van der Waals surface area contributed by atoms with E-state index in [2.05, 4.69) is 15.1 Å². The lowest BCUT2D eigenvalue weighted by Crippen LogP contribution is -2.51. The molecule has 2 saturated heterocycles. The van der Waals surface area contributed by atoms with Crippen molar-refractivity contribution in [3.63, 3.8) is 0 Å². The molecule has 6 rings (SSSR count). The lowest BCUT2D eigenvalue weighted by molar-refractivity contribution is -0.133. The number of nitrogens with one attached hydrogen (secondary N) is 1. The number of carbonyl (C=O) groups is 3. The molecule has 2 atom stereocenters. The number of alkyl halides is 1. The molecule has 0 unspecified atom stereocenters. The van der Waals surface area contributed by atoms with Crippen molar-refractivity contribution in [1.29, 1.82) is 0 Å². The fraction of sp³-hybridized carbons (Fsp3) is 0.541. The third-order valence-corrected chi connectivity index (χ3v) is 10.5. The molecule has 0 spiro atoms. The number of ether oxygens (including phenoxy) is 1. The highest BCUT2D eigenvalue weighted by molar-refractivity contribution is 6.13. The van der Waals surface area contributed by atoms with Crippen molar-refractivity contribution in [2.75, 3.05) is 57.9 Å². The number of hydrogen-bond donors (Lipinski definition) is 1. The third kappa shape index (κ3) is 7.77. The number of para-hydroxylation sites is 1. The van der Waals surface area contributed by atoms with Gasteiger partial charge in [0.25, 0.3) is 5.91 Å². The van der Waals surface area contributed by atoms with E-state index in [9.17, 15) is 18.8 Å². The number of aryl methyl sites for hydroxylation is 2. The Morgan fingerprint density at radius 3 is 2.53 bits per heavy atom. The van der Waals surface area contributed by atoms with Crippen molar-refractivity contribution in [3.05, 3.63) is 65.4 Å². The molecule has 2 aromatic carbocycles. The molecular weight excluding hydrogens is 597 g/mol. The summed E-state index contributed by atoms with van der Waals surface area (Å²) in [5.74, 6) is 0.0554. The molecule has 0 bridgehead atoms. The number of hydrogen-bond acceptors (Lipinski definition) is 6. The number of nitrogens with zero attached hydrogens (tertiary/aromatic N) is 4. The minimum atomic E-state index is -0.323. The van der Waals surface area contributed by atoms with Crippen LogP contribution in [0, 0.1) is 12.8 Å². The van der Waals surface area contributed by atoms with Crippen LogP contribution in [0.15, 0.2) is 48.7 Å². The molecule has 252 valence electrons. The number of amides is 2. The second kappa shape index (κ2) is 15.1. The van der Waals surface area contributed by atoms with E-state index in [1.165, 1.54) is 0 Å². The first-order valence-corrected chi connectivity index (χ1v) is 17.2. The quantitative estimate of drug-likeness (QED) is 0.307. The smallest absolute Gasteiger partial charge is 0.257 e. The van der Waals surface area contributed by atoms with E-state index in [0.717, 1.165) is 92.3 Å². The molecule has 3 aromatic rings. The Kier molecular flexibility index (Phi) is 10.7. The molecule has 3 aliphatic rings. The van der Waals surface area contributed by atoms with E-state index in [-0.39, 0.29) is 49.0 Å². The molecule has 10 heteroatoms. The minimum Gasteiger partial charge on any atom is -0.376 e. The van der Waals surface area contributed by atoms with Gasteiger partial charge in [0.2, 0.25) is 5.91 Å². The van der Waals surface area contributed by atoms with Gasteiger partial charge in [-0.15, -0.1) is 0 Å². The predicted octanol–water partition coefficient (Wildman–Crippen LogP) is 4.61. The molecular formula is C37H48FN5O4. The molecule has 1 aliphatic carbocycles. The van der Waals surface area contributed by atoms with E-state index in [1.807, 2.05) is 72.1 Å². The molecule has 1 saturated carbocycles. The van der Waals surface area contributed by atoms with Gasteiger partial charge in [0, 0.05) is 81.1 Å². The molecule has 1 aromatic heterocycles.